The third-order valence-corrected chi connectivity index (χ3v) is 8.21. The Morgan fingerprint density at radius 1 is 0.741 bits per heavy atom. The first-order valence-electron chi connectivity index (χ1n) is 18.1. The summed E-state index contributed by atoms with van der Waals surface area (Å²) in [6.45, 7) is 2.76. The average molecular weight is 829 g/mol. The fraction of sp³-hybridized carbons (Fsp3) is 0.636. The van der Waals surface area contributed by atoms with Gasteiger partial charge in [0.1, 0.15) is 36.3 Å². The summed E-state index contributed by atoms with van der Waals surface area (Å²) in [5.41, 5.74) is 16.7. The molecule has 8 atom stereocenters. The summed E-state index contributed by atoms with van der Waals surface area (Å²) in [6, 6.07) is -10.8. The Bertz CT molecular complexity index is 1570. The molecule has 0 aromatic carbocycles. The zero-order valence-electron chi connectivity index (χ0n) is 32.3. The van der Waals surface area contributed by atoms with Gasteiger partial charge in [0.05, 0.1) is 25.6 Å². The van der Waals surface area contributed by atoms with Crippen LogP contribution in [0.4, 0.5) is 0 Å². The molecule has 0 aliphatic heterocycles. The molecule has 1 heterocycles. The van der Waals surface area contributed by atoms with Crippen molar-refractivity contribution >= 4 is 53.3 Å². The molecule has 0 bridgehead atoms. The van der Waals surface area contributed by atoms with E-state index in [-0.39, 0.29) is 44.1 Å². The Balaban J connectivity index is 3.44. The van der Waals surface area contributed by atoms with Crippen LogP contribution >= 0.6 is 0 Å². The molecule has 0 spiro atoms. The Morgan fingerprint density at radius 2 is 1.26 bits per heavy atom. The number of carbonyl (C=O) groups excluding carboxylic acids is 6. The number of aromatic amines is 1. The molecule has 0 saturated carbocycles. The number of carbonyl (C=O) groups is 8. The highest BCUT2D eigenvalue weighted by molar-refractivity contribution is 5.97. The number of nitrogens with one attached hydrogen (secondary N) is 7. The van der Waals surface area contributed by atoms with Crippen LogP contribution in [0.3, 0.4) is 0 Å². The van der Waals surface area contributed by atoms with Crippen molar-refractivity contribution in [3.63, 3.8) is 0 Å². The smallest absolute Gasteiger partial charge is 0.328 e. The molecule has 0 radical (unpaired) electrons. The number of aliphatic carboxylic acids is 2. The first-order chi connectivity index (χ1) is 27.2. The Labute approximate surface area is 332 Å². The van der Waals surface area contributed by atoms with E-state index in [1.165, 1.54) is 12.5 Å². The summed E-state index contributed by atoms with van der Waals surface area (Å²) in [5, 5.41) is 61.4. The van der Waals surface area contributed by atoms with Crippen LogP contribution in [-0.4, -0.2) is 157 Å². The fourth-order valence-electron chi connectivity index (χ4n) is 5.12. The lowest BCUT2D eigenvalue weighted by atomic mass is 10.0. The molecular weight excluding hydrogens is 772 g/mol. The van der Waals surface area contributed by atoms with Crippen LogP contribution in [0.1, 0.15) is 58.6 Å². The van der Waals surface area contributed by atoms with Crippen LogP contribution in [0.15, 0.2) is 17.5 Å². The molecule has 0 aliphatic rings. The van der Waals surface area contributed by atoms with Crippen LogP contribution in [0.25, 0.3) is 0 Å². The number of H-pyrrole nitrogens is 1. The Kier molecular flexibility index (Phi) is 21.9. The normalized spacial score (nSPS) is 15.2. The summed E-state index contributed by atoms with van der Waals surface area (Å²) in [5.74, 6) is -9.34. The number of carboxylic acids is 2. The van der Waals surface area contributed by atoms with E-state index >= 15 is 0 Å². The fourth-order valence-corrected chi connectivity index (χ4v) is 5.12. The number of aliphatic hydroxyl groups excluding tert-OH is 3. The van der Waals surface area contributed by atoms with E-state index in [1.54, 1.807) is 13.8 Å². The minimum absolute atomic E-state index is 0.00419. The lowest BCUT2D eigenvalue weighted by molar-refractivity contribution is -0.145. The molecule has 25 nitrogen and oxygen atoms in total. The number of amides is 6. The van der Waals surface area contributed by atoms with Gasteiger partial charge in [0, 0.05) is 31.3 Å². The van der Waals surface area contributed by atoms with Gasteiger partial charge < -0.3 is 79.6 Å². The molecule has 18 N–H and O–H groups in total. The van der Waals surface area contributed by atoms with Crippen molar-refractivity contribution in [1.29, 1.82) is 0 Å². The summed E-state index contributed by atoms with van der Waals surface area (Å²) in [4.78, 5) is 113. The van der Waals surface area contributed by atoms with Crippen molar-refractivity contribution < 1.29 is 63.9 Å². The number of carboxylic acid groups (broad SMARTS) is 2. The number of hydrogen-bond acceptors (Lipinski definition) is 14. The molecule has 1 aromatic heterocycles. The SMILES string of the molecule is CC(C)C[C@H](NC(=O)[C@H](CCC(=O)O)NC(=O)[C@@H](N)CO)C(=O)N[C@@H](CCCN=C(N)N)C(=O)N[C@@H](Cc1cnc[nH]1)C(=O)N[C@@H](CO)C(=O)N[C@H](C(=O)O)[C@@H](C)O. The molecule has 0 unspecified atom stereocenters. The highest BCUT2D eigenvalue weighted by Crippen LogP contribution is 2.10. The van der Waals surface area contributed by atoms with E-state index in [2.05, 4.69) is 41.5 Å². The Hall–Kier alpha value is -5.92. The maximum Gasteiger partial charge on any atom is 0.328 e. The van der Waals surface area contributed by atoms with Crippen LogP contribution in [0.5, 0.6) is 0 Å². The number of nitrogens with zero attached hydrogens (tertiary/aromatic N) is 2. The number of imidazole rings is 1. The third-order valence-electron chi connectivity index (χ3n) is 8.21. The third kappa shape index (κ3) is 18.4. The molecule has 6 amide bonds. The topological polar surface area (TPSA) is 429 Å². The zero-order valence-corrected chi connectivity index (χ0v) is 32.3. The number of rotatable bonds is 27. The Morgan fingerprint density at radius 3 is 1.76 bits per heavy atom. The quantitative estimate of drug-likeness (QED) is 0.0223. The number of aliphatic hydroxyl groups is 3. The summed E-state index contributed by atoms with van der Waals surface area (Å²) >= 11 is 0. The van der Waals surface area contributed by atoms with Gasteiger partial charge in [-0.3, -0.25) is 38.6 Å². The van der Waals surface area contributed by atoms with E-state index in [4.69, 9.17) is 17.2 Å². The van der Waals surface area contributed by atoms with Gasteiger partial charge in [-0.2, -0.15) is 0 Å². The van der Waals surface area contributed by atoms with Crippen molar-refractivity contribution in [3.05, 3.63) is 18.2 Å². The minimum Gasteiger partial charge on any atom is -0.481 e. The largest absolute Gasteiger partial charge is 0.481 e. The zero-order chi connectivity index (χ0) is 44.1. The monoisotopic (exact) mass is 828 g/mol. The van der Waals surface area contributed by atoms with Crippen molar-refractivity contribution in [1.82, 2.24) is 41.9 Å². The molecule has 0 saturated heterocycles. The van der Waals surface area contributed by atoms with Crippen molar-refractivity contribution in [2.75, 3.05) is 19.8 Å². The lowest BCUT2D eigenvalue weighted by Crippen LogP contribution is -2.61. The predicted octanol–water partition coefficient (Wildman–Crippen LogP) is -6.40. The van der Waals surface area contributed by atoms with Crippen molar-refractivity contribution in [2.24, 2.45) is 28.1 Å². The second kappa shape index (κ2) is 25.4. The summed E-state index contributed by atoms with van der Waals surface area (Å²) in [6.07, 6.45) is -0.217. The van der Waals surface area contributed by atoms with Gasteiger partial charge in [-0.15, -0.1) is 0 Å². The molecule has 0 fully saturated rings. The maximum atomic E-state index is 13.9. The molecule has 25 heteroatoms. The molecule has 0 aliphatic carbocycles. The van der Waals surface area contributed by atoms with Crippen LogP contribution in [-0.2, 0) is 44.8 Å². The van der Waals surface area contributed by atoms with Gasteiger partial charge in [-0.05, 0) is 38.5 Å². The van der Waals surface area contributed by atoms with E-state index in [1.807, 2.05) is 5.32 Å². The first kappa shape index (κ1) is 50.1. The number of aliphatic imine (C=N–C) groups is 1. The number of hydrogen-bond donors (Lipinski definition) is 15. The molecule has 58 heavy (non-hydrogen) atoms. The predicted molar refractivity (Wildman–Crippen MR) is 202 cm³/mol. The van der Waals surface area contributed by atoms with Gasteiger partial charge >= 0.3 is 11.9 Å². The standard InChI is InChI=1S/C33H56N12O13/c1-15(2)9-21(42-28(53)20(6-7-24(49)50)40-26(51)18(34)12-46)29(54)41-19(5-4-8-38-33(35)36)27(52)43-22(10-17-11-37-14-39-17)30(55)44-23(13-47)31(56)45-25(16(3)48)32(57)58/h11,14-16,18-23,25,46-48H,4-10,12-13,34H2,1-3H3,(H,37,39)(H,40,51)(H,41,54)(H,42,53)(H,43,52)(H,44,55)(H,45,56)(H,49,50)(H,57,58)(H4,35,36,38)/t16-,18+,19+,20+,21+,22+,23+,25+/m1/s1. The molecule has 1 aromatic rings. The minimum atomic E-state index is -1.79. The van der Waals surface area contributed by atoms with Gasteiger partial charge in [-0.1, -0.05) is 13.8 Å². The van der Waals surface area contributed by atoms with Gasteiger partial charge in [0.25, 0.3) is 0 Å². The van der Waals surface area contributed by atoms with E-state index in [9.17, 15) is 63.9 Å². The average Bonchev–Trinajstić information content (AvgIpc) is 3.66. The van der Waals surface area contributed by atoms with Gasteiger partial charge in [0.2, 0.25) is 35.4 Å². The first-order valence-corrected chi connectivity index (χ1v) is 18.1. The van der Waals surface area contributed by atoms with Crippen LogP contribution in [0.2, 0.25) is 0 Å². The molecule has 326 valence electrons. The van der Waals surface area contributed by atoms with E-state index < -0.39 is 122 Å². The van der Waals surface area contributed by atoms with Crippen molar-refractivity contribution in [2.45, 2.75) is 108 Å². The van der Waals surface area contributed by atoms with Crippen LogP contribution < -0.4 is 49.1 Å². The van der Waals surface area contributed by atoms with Gasteiger partial charge in [0.15, 0.2) is 12.0 Å². The number of guanidine groups is 1. The van der Waals surface area contributed by atoms with Gasteiger partial charge in [-0.25, -0.2) is 9.78 Å². The maximum absolute atomic E-state index is 13.9. The number of nitrogens with two attached hydrogens (primary N) is 3. The van der Waals surface area contributed by atoms with E-state index in [0.717, 1.165) is 6.92 Å². The second-order valence-electron chi connectivity index (χ2n) is 13.6. The lowest BCUT2D eigenvalue weighted by Gasteiger charge is -2.28. The van der Waals surface area contributed by atoms with E-state index in [0.29, 0.717) is 5.69 Å². The molecular formula is C33H56N12O13. The highest BCUT2D eigenvalue weighted by atomic mass is 16.4. The van der Waals surface area contributed by atoms with Crippen molar-refractivity contribution in [3.8, 4) is 0 Å². The summed E-state index contributed by atoms with van der Waals surface area (Å²) < 4.78 is 0. The summed E-state index contributed by atoms with van der Waals surface area (Å²) in [7, 11) is 0. The molecule has 1 rings (SSSR count). The van der Waals surface area contributed by atoms with Crippen LogP contribution in [0, 0.1) is 5.92 Å². The highest BCUT2D eigenvalue weighted by Gasteiger charge is 2.34. The second-order valence-corrected chi connectivity index (χ2v) is 13.6. The number of aromatic nitrogens is 2.